The fraction of sp³-hybridized carbons (Fsp3) is 0.700. The van der Waals surface area contributed by atoms with Gasteiger partial charge in [-0.2, -0.15) is 0 Å². The van der Waals surface area contributed by atoms with Crippen molar-refractivity contribution in [1.82, 2.24) is 0 Å². The zero-order chi connectivity index (χ0) is 10.5. The van der Waals surface area contributed by atoms with Gasteiger partial charge in [-0.05, 0) is 13.8 Å². The summed E-state index contributed by atoms with van der Waals surface area (Å²) in [5.41, 5.74) is 0.968. The van der Waals surface area contributed by atoms with Crippen molar-refractivity contribution in [1.29, 1.82) is 0 Å². The lowest BCUT2D eigenvalue weighted by molar-refractivity contribution is -0.870. The third kappa shape index (κ3) is 11.9. The van der Waals surface area contributed by atoms with E-state index in [-0.39, 0.29) is 29.9 Å². The molecule has 0 aromatic rings. The van der Waals surface area contributed by atoms with Crippen molar-refractivity contribution >= 4 is 5.97 Å². The third-order valence-corrected chi connectivity index (χ3v) is 1.41. The normalized spacial score (nSPS) is 10.1. The molecule has 0 aromatic heterocycles. The fourth-order valence-electron chi connectivity index (χ4n) is 0.697. The number of allylic oxidation sites excluding steroid dienone is 1. The molecule has 0 rings (SSSR count). The van der Waals surface area contributed by atoms with Crippen LogP contribution in [0.2, 0.25) is 0 Å². The van der Waals surface area contributed by atoms with Crippen LogP contribution in [0.3, 0.4) is 0 Å². The van der Waals surface area contributed by atoms with E-state index < -0.39 is 0 Å². The molecular weight excluding hydrogens is 293 g/mol. The minimum atomic E-state index is -0.242. The van der Waals surface area contributed by atoms with Crippen LogP contribution in [0.15, 0.2) is 11.6 Å². The van der Waals surface area contributed by atoms with Gasteiger partial charge in [-0.1, -0.05) is 5.57 Å². The molecule has 84 valence electrons. The first kappa shape index (κ1) is 16.3. The monoisotopic (exact) mass is 313 g/mol. The van der Waals surface area contributed by atoms with Gasteiger partial charge in [-0.15, -0.1) is 0 Å². The molecule has 0 saturated carbocycles. The van der Waals surface area contributed by atoms with E-state index in [1.165, 1.54) is 6.08 Å². The molecule has 3 nitrogen and oxygen atoms in total. The van der Waals surface area contributed by atoms with Crippen molar-refractivity contribution in [2.24, 2.45) is 0 Å². The Morgan fingerprint density at radius 2 is 1.79 bits per heavy atom. The molecule has 0 aliphatic heterocycles. The second-order valence-electron chi connectivity index (χ2n) is 4.40. The van der Waals surface area contributed by atoms with Crippen LogP contribution < -0.4 is 24.0 Å². The van der Waals surface area contributed by atoms with E-state index in [9.17, 15) is 4.79 Å². The van der Waals surface area contributed by atoms with Crippen molar-refractivity contribution in [2.45, 2.75) is 13.8 Å². The van der Waals surface area contributed by atoms with E-state index in [4.69, 9.17) is 4.74 Å². The van der Waals surface area contributed by atoms with Crippen molar-refractivity contribution in [3.8, 4) is 0 Å². The maximum Gasteiger partial charge on any atom is 0.330 e. The number of hydrogen-bond donors (Lipinski definition) is 0. The minimum Gasteiger partial charge on any atom is -1.00 e. The van der Waals surface area contributed by atoms with E-state index >= 15 is 0 Å². The Labute approximate surface area is 104 Å². The Hall–Kier alpha value is -0.100. The maximum absolute atomic E-state index is 11.0. The number of carbonyl (C=O) groups excluding carboxylic acids is 1. The summed E-state index contributed by atoms with van der Waals surface area (Å²) in [7, 11) is 6.19. The first-order valence-corrected chi connectivity index (χ1v) is 4.43. The Morgan fingerprint density at radius 1 is 1.29 bits per heavy atom. The molecule has 0 aliphatic rings. The predicted molar refractivity (Wildman–Crippen MR) is 53.3 cm³/mol. The lowest BCUT2D eigenvalue weighted by Gasteiger charge is -2.23. The van der Waals surface area contributed by atoms with Gasteiger partial charge in [0.1, 0.15) is 13.2 Å². The lowest BCUT2D eigenvalue weighted by atomic mass is 10.3. The molecule has 0 spiro atoms. The highest BCUT2D eigenvalue weighted by atomic mass is 127. The van der Waals surface area contributed by atoms with Crippen molar-refractivity contribution in [3.05, 3.63) is 11.6 Å². The van der Waals surface area contributed by atoms with Crippen LogP contribution in [0, 0.1) is 0 Å². The Morgan fingerprint density at radius 3 is 2.14 bits per heavy atom. The van der Waals surface area contributed by atoms with Gasteiger partial charge < -0.3 is 33.2 Å². The number of carbonyl (C=O) groups is 1. The molecule has 0 saturated heterocycles. The molecule has 0 amide bonds. The first-order chi connectivity index (χ1) is 5.81. The summed E-state index contributed by atoms with van der Waals surface area (Å²) in [6.07, 6.45) is 1.51. The zero-order valence-electron chi connectivity index (χ0n) is 9.63. The average molecular weight is 313 g/mol. The molecule has 0 atom stereocenters. The SMILES string of the molecule is CC(C)=CC(=O)OCC[N+](C)(C)C.[I-]. The van der Waals surface area contributed by atoms with Gasteiger partial charge in [0.25, 0.3) is 0 Å². The van der Waals surface area contributed by atoms with E-state index in [0.29, 0.717) is 6.61 Å². The molecule has 0 aliphatic carbocycles. The number of likely N-dealkylation sites (N-methyl/N-ethyl adjacent to an activating group) is 1. The molecule has 0 fully saturated rings. The van der Waals surface area contributed by atoms with Crippen LogP contribution in [-0.4, -0.2) is 44.7 Å². The fourth-order valence-corrected chi connectivity index (χ4v) is 0.697. The van der Waals surface area contributed by atoms with Crippen LogP contribution in [0.5, 0.6) is 0 Å². The summed E-state index contributed by atoms with van der Waals surface area (Å²) in [6, 6.07) is 0. The highest BCUT2D eigenvalue weighted by Crippen LogP contribution is 1.93. The van der Waals surface area contributed by atoms with Crippen LogP contribution in [0.1, 0.15) is 13.8 Å². The van der Waals surface area contributed by atoms with Crippen LogP contribution in [0.4, 0.5) is 0 Å². The molecule has 0 radical (unpaired) electrons. The third-order valence-electron chi connectivity index (χ3n) is 1.41. The van der Waals surface area contributed by atoms with E-state index in [2.05, 4.69) is 21.1 Å². The van der Waals surface area contributed by atoms with Crippen LogP contribution in [0.25, 0.3) is 0 Å². The minimum absolute atomic E-state index is 0. The summed E-state index contributed by atoms with van der Waals surface area (Å²) in [5.74, 6) is -0.242. The number of hydrogen-bond acceptors (Lipinski definition) is 2. The topological polar surface area (TPSA) is 26.3 Å². The molecule has 0 bridgehead atoms. The average Bonchev–Trinajstić information content (AvgIpc) is 1.81. The van der Waals surface area contributed by atoms with Gasteiger partial charge in [-0.3, -0.25) is 0 Å². The van der Waals surface area contributed by atoms with Gasteiger partial charge in [0.05, 0.1) is 21.1 Å². The second kappa shape index (κ2) is 7.23. The number of rotatable bonds is 4. The molecule has 4 heteroatoms. The Balaban J connectivity index is 0. The standard InChI is InChI=1S/C10H20NO2.HI/c1-9(2)8-10(12)13-7-6-11(3,4)5;/h8H,6-7H2,1-5H3;1H/q+1;/p-1. The highest BCUT2D eigenvalue weighted by Gasteiger charge is 2.07. The van der Waals surface area contributed by atoms with Gasteiger partial charge in [0, 0.05) is 6.08 Å². The van der Waals surface area contributed by atoms with Crippen molar-refractivity contribution < 1.29 is 38.0 Å². The smallest absolute Gasteiger partial charge is 0.330 e. The number of esters is 1. The summed E-state index contributed by atoms with van der Waals surface area (Å²) in [4.78, 5) is 11.0. The molecule has 0 unspecified atom stereocenters. The maximum atomic E-state index is 11.0. The van der Waals surface area contributed by atoms with Crippen LogP contribution >= 0.6 is 0 Å². The molecule has 0 heterocycles. The van der Waals surface area contributed by atoms with Gasteiger partial charge in [0.15, 0.2) is 0 Å². The van der Waals surface area contributed by atoms with E-state index in [1.807, 2.05) is 13.8 Å². The van der Waals surface area contributed by atoms with Gasteiger partial charge in [0.2, 0.25) is 0 Å². The van der Waals surface area contributed by atoms with E-state index in [0.717, 1.165) is 16.6 Å². The summed E-state index contributed by atoms with van der Waals surface area (Å²) in [6.45, 7) is 5.07. The zero-order valence-corrected chi connectivity index (χ0v) is 11.8. The van der Waals surface area contributed by atoms with E-state index in [1.54, 1.807) is 0 Å². The predicted octanol–water partition coefficient (Wildman–Crippen LogP) is -1.79. The number of nitrogens with zero attached hydrogens (tertiary/aromatic N) is 1. The summed E-state index contributed by atoms with van der Waals surface area (Å²) >= 11 is 0. The molecule has 0 aromatic carbocycles. The van der Waals surface area contributed by atoms with Crippen molar-refractivity contribution in [2.75, 3.05) is 34.3 Å². The lowest BCUT2D eigenvalue weighted by Crippen LogP contribution is -3.00. The van der Waals surface area contributed by atoms with Crippen LogP contribution in [-0.2, 0) is 9.53 Å². The second-order valence-corrected chi connectivity index (χ2v) is 4.40. The quantitative estimate of drug-likeness (QED) is 0.265. The Kier molecular flexibility index (Phi) is 8.43. The first-order valence-electron chi connectivity index (χ1n) is 4.43. The number of quaternary nitrogens is 1. The summed E-state index contributed by atoms with van der Waals surface area (Å²) in [5, 5.41) is 0. The largest absolute Gasteiger partial charge is 1.00 e. The number of ether oxygens (including phenoxy) is 1. The van der Waals surface area contributed by atoms with Gasteiger partial charge >= 0.3 is 5.97 Å². The Bertz CT molecular complexity index is 203. The molecular formula is C10H20INO2. The highest BCUT2D eigenvalue weighted by molar-refractivity contribution is 5.82. The molecule has 14 heavy (non-hydrogen) atoms. The summed E-state index contributed by atoms with van der Waals surface area (Å²) < 4.78 is 5.81. The van der Waals surface area contributed by atoms with Crippen molar-refractivity contribution in [3.63, 3.8) is 0 Å². The van der Waals surface area contributed by atoms with Gasteiger partial charge in [-0.25, -0.2) is 4.79 Å². The molecule has 0 N–H and O–H groups in total. The number of halogens is 1.